The Labute approximate surface area is 134 Å². The molecule has 0 saturated heterocycles. The number of Topliss-reactive ketones (excluding diaryl/α,β-unsaturated/α-hetero) is 1. The Hall–Kier alpha value is -2.34. The van der Waals surface area contributed by atoms with Crippen molar-refractivity contribution in [3.05, 3.63) is 46.0 Å². The van der Waals surface area contributed by atoms with Crippen molar-refractivity contribution in [2.45, 2.75) is 46.1 Å². The fourth-order valence-electron chi connectivity index (χ4n) is 2.17. The molecule has 0 aliphatic heterocycles. The van der Waals surface area contributed by atoms with Crippen LogP contribution in [0.3, 0.4) is 0 Å². The lowest BCUT2D eigenvalue weighted by Gasteiger charge is -2.31. The molecule has 0 fully saturated rings. The topological polar surface area (TPSA) is 115 Å². The van der Waals surface area contributed by atoms with E-state index in [9.17, 15) is 30.0 Å². The molecular weight excluding hydrogens is 300 g/mol. The Morgan fingerprint density at radius 3 is 2.04 bits per heavy atom. The van der Waals surface area contributed by atoms with Gasteiger partial charge in [-0.15, -0.1) is 0 Å². The smallest absolute Gasteiger partial charge is 0.343 e. The summed E-state index contributed by atoms with van der Waals surface area (Å²) in [5.74, 6) is -4.39. The van der Waals surface area contributed by atoms with Crippen LogP contribution in [-0.2, 0) is 9.59 Å². The molecule has 0 unspecified atom stereocenters. The van der Waals surface area contributed by atoms with Crippen LogP contribution in [0.1, 0.15) is 40.5 Å². The summed E-state index contributed by atoms with van der Waals surface area (Å²) in [4.78, 5) is 23.6. The molecule has 1 aliphatic carbocycles. The lowest BCUT2D eigenvalue weighted by Crippen LogP contribution is -2.46. The van der Waals surface area contributed by atoms with Crippen LogP contribution in [-0.4, -0.2) is 37.8 Å². The molecule has 1 rings (SSSR count). The second-order valence-corrected chi connectivity index (χ2v) is 6.02. The highest BCUT2D eigenvalue weighted by molar-refractivity contribution is 6.22. The van der Waals surface area contributed by atoms with E-state index in [4.69, 9.17) is 0 Å². The van der Waals surface area contributed by atoms with Crippen molar-refractivity contribution < 1.29 is 30.0 Å². The second-order valence-electron chi connectivity index (χ2n) is 6.02. The number of aliphatic hydroxyl groups excluding tert-OH is 2. The van der Waals surface area contributed by atoms with Gasteiger partial charge in [0.1, 0.15) is 17.1 Å². The molecule has 0 saturated carbocycles. The number of carboxylic acids is 1. The van der Waals surface area contributed by atoms with Gasteiger partial charge >= 0.3 is 5.97 Å². The summed E-state index contributed by atoms with van der Waals surface area (Å²) in [6.07, 6.45) is 2.90. The lowest BCUT2D eigenvalue weighted by atomic mass is 9.78. The number of rotatable bonds is 5. The predicted octanol–water partition coefficient (Wildman–Crippen LogP) is 2.72. The summed E-state index contributed by atoms with van der Waals surface area (Å²) in [5, 5.41) is 40.2. The van der Waals surface area contributed by atoms with Crippen molar-refractivity contribution >= 4 is 11.8 Å². The molecule has 0 aromatic carbocycles. The molecule has 6 nitrogen and oxygen atoms in total. The zero-order valence-corrected chi connectivity index (χ0v) is 13.7. The molecule has 0 spiro atoms. The fourth-order valence-corrected chi connectivity index (χ4v) is 2.17. The summed E-state index contributed by atoms with van der Waals surface area (Å²) in [5.41, 5.74) is -1.79. The van der Waals surface area contributed by atoms with Crippen molar-refractivity contribution in [1.82, 2.24) is 0 Å². The number of aliphatic carboxylic acids is 1. The van der Waals surface area contributed by atoms with E-state index in [2.05, 4.69) is 0 Å². The van der Waals surface area contributed by atoms with E-state index in [1.54, 1.807) is 33.8 Å². The maximum absolute atomic E-state index is 12.3. The molecule has 0 bridgehead atoms. The summed E-state index contributed by atoms with van der Waals surface area (Å²) in [6.45, 7) is 7.07. The minimum Gasteiger partial charge on any atom is -0.508 e. The maximum Gasteiger partial charge on any atom is 0.343 e. The van der Waals surface area contributed by atoms with Crippen molar-refractivity contribution in [2.75, 3.05) is 0 Å². The molecule has 23 heavy (non-hydrogen) atoms. The maximum atomic E-state index is 12.3. The van der Waals surface area contributed by atoms with Crippen LogP contribution in [0.4, 0.5) is 0 Å². The number of allylic oxidation sites excluding steroid dienone is 4. The number of hydrogen-bond donors (Lipinski definition) is 4. The zero-order chi connectivity index (χ0) is 17.9. The number of aliphatic hydroxyl groups is 3. The van der Waals surface area contributed by atoms with E-state index in [-0.39, 0.29) is 18.4 Å². The number of carbonyl (C=O) groups is 2. The molecule has 126 valence electrons. The van der Waals surface area contributed by atoms with Gasteiger partial charge in [-0.2, -0.15) is 0 Å². The number of ketones is 1. The monoisotopic (exact) mass is 322 g/mol. The number of hydrogen-bond acceptors (Lipinski definition) is 5. The third-order valence-corrected chi connectivity index (χ3v) is 3.54. The van der Waals surface area contributed by atoms with Gasteiger partial charge in [0.05, 0.1) is 0 Å². The third-order valence-electron chi connectivity index (χ3n) is 3.54. The second kappa shape index (κ2) is 6.83. The first kappa shape index (κ1) is 18.7. The SMILES string of the molecule is CC(C)=CCC1=C(O)[C@](O)(CC=C(C)C)C(=O)C(C(=O)O)=C1O. The Morgan fingerprint density at radius 2 is 1.61 bits per heavy atom. The largest absolute Gasteiger partial charge is 0.508 e. The highest BCUT2D eigenvalue weighted by atomic mass is 16.4. The summed E-state index contributed by atoms with van der Waals surface area (Å²) in [6, 6.07) is 0. The molecule has 1 aliphatic rings. The minimum atomic E-state index is -2.39. The van der Waals surface area contributed by atoms with Gasteiger partial charge in [0, 0.05) is 12.0 Å². The third kappa shape index (κ3) is 3.71. The van der Waals surface area contributed by atoms with E-state index >= 15 is 0 Å². The molecule has 0 radical (unpaired) electrons. The molecule has 0 aromatic heterocycles. The van der Waals surface area contributed by atoms with Gasteiger partial charge in [-0.1, -0.05) is 23.3 Å². The van der Waals surface area contributed by atoms with Gasteiger partial charge in [0.2, 0.25) is 5.78 Å². The Bertz CT molecular complexity index is 655. The first-order valence-electron chi connectivity index (χ1n) is 7.15. The predicted molar refractivity (Wildman–Crippen MR) is 85.0 cm³/mol. The van der Waals surface area contributed by atoms with Gasteiger partial charge in [-0.25, -0.2) is 4.79 Å². The summed E-state index contributed by atoms with van der Waals surface area (Å²) in [7, 11) is 0. The van der Waals surface area contributed by atoms with Crippen LogP contribution in [0.25, 0.3) is 0 Å². The van der Waals surface area contributed by atoms with Crippen molar-refractivity contribution in [3.63, 3.8) is 0 Å². The van der Waals surface area contributed by atoms with Crippen LogP contribution in [0, 0.1) is 0 Å². The quantitative estimate of drug-likeness (QED) is 0.457. The average Bonchev–Trinajstić information content (AvgIpc) is 2.42. The van der Waals surface area contributed by atoms with Crippen molar-refractivity contribution in [3.8, 4) is 0 Å². The molecule has 6 heteroatoms. The van der Waals surface area contributed by atoms with E-state index in [1.165, 1.54) is 6.08 Å². The average molecular weight is 322 g/mol. The zero-order valence-electron chi connectivity index (χ0n) is 13.7. The lowest BCUT2D eigenvalue weighted by molar-refractivity contribution is -0.140. The van der Waals surface area contributed by atoms with Gasteiger partial charge in [-0.05, 0) is 34.1 Å². The standard InChI is InChI=1S/C17H22O6/c1-9(2)5-6-11-13(18)12(16(21)22)15(20)17(23,14(11)19)8-7-10(3)4/h5,7,18-19,23H,6,8H2,1-4H3,(H,21,22)/t17-/m1/s1. The van der Waals surface area contributed by atoms with E-state index in [1.807, 2.05) is 0 Å². The number of carbonyl (C=O) groups excluding carboxylic acids is 1. The van der Waals surface area contributed by atoms with Crippen LogP contribution < -0.4 is 0 Å². The highest BCUT2D eigenvalue weighted by Gasteiger charge is 2.49. The molecule has 4 N–H and O–H groups in total. The normalized spacial score (nSPS) is 21.3. The summed E-state index contributed by atoms with van der Waals surface area (Å²) < 4.78 is 0. The Balaban J connectivity index is 3.55. The van der Waals surface area contributed by atoms with Crippen molar-refractivity contribution in [2.24, 2.45) is 0 Å². The van der Waals surface area contributed by atoms with Gasteiger partial charge in [-0.3, -0.25) is 4.79 Å². The first-order chi connectivity index (χ1) is 10.5. The Morgan fingerprint density at radius 1 is 1.09 bits per heavy atom. The van der Waals surface area contributed by atoms with E-state index in [0.717, 1.165) is 11.1 Å². The highest BCUT2D eigenvalue weighted by Crippen LogP contribution is 2.37. The van der Waals surface area contributed by atoms with Gasteiger partial charge in [0.15, 0.2) is 5.60 Å². The van der Waals surface area contributed by atoms with Gasteiger partial charge in [0.25, 0.3) is 0 Å². The molecular formula is C17H22O6. The van der Waals surface area contributed by atoms with Crippen LogP contribution >= 0.6 is 0 Å². The number of carboxylic acid groups (broad SMARTS) is 1. The van der Waals surface area contributed by atoms with Crippen LogP contribution in [0.5, 0.6) is 0 Å². The summed E-state index contributed by atoms with van der Waals surface area (Å²) >= 11 is 0. The van der Waals surface area contributed by atoms with Crippen molar-refractivity contribution in [1.29, 1.82) is 0 Å². The molecule has 0 heterocycles. The van der Waals surface area contributed by atoms with Crippen LogP contribution in [0.2, 0.25) is 0 Å². The molecule has 0 aromatic rings. The minimum absolute atomic E-state index is 0.00118. The van der Waals surface area contributed by atoms with E-state index in [0.29, 0.717) is 0 Å². The Kier molecular flexibility index (Phi) is 5.56. The molecule has 1 atom stereocenters. The van der Waals surface area contributed by atoms with Crippen LogP contribution in [0.15, 0.2) is 46.0 Å². The fraction of sp³-hybridized carbons (Fsp3) is 0.412. The first-order valence-corrected chi connectivity index (χ1v) is 7.15. The molecule has 0 amide bonds. The van der Waals surface area contributed by atoms with Gasteiger partial charge < -0.3 is 20.4 Å². The van der Waals surface area contributed by atoms with E-state index < -0.39 is 34.4 Å².